The fraction of sp³-hybridized carbons (Fsp3) is 1.00. The molecule has 0 bridgehead atoms. The molecule has 0 N–H and O–H groups in total. The van der Waals surface area contributed by atoms with Crippen LogP contribution in [0.15, 0.2) is 0 Å². The molecule has 0 radical (unpaired) electrons. The molecule has 0 aromatic rings. The van der Waals surface area contributed by atoms with Crippen LogP contribution < -0.4 is 0 Å². The Morgan fingerprint density at radius 1 is 0.750 bits per heavy atom. The molecule has 0 aromatic heterocycles. The molecule has 8 heavy (non-hydrogen) atoms. The molecule has 0 unspecified atom stereocenters. The van der Waals surface area contributed by atoms with Crippen molar-refractivity contribution in [3.05, 3.63) is 0 Å². The highest BCUT2D eigenvalue weighted by Gasteiger charge is 1.68. The summed E-state index contributed by atoms with van der Waals surface area (Å²) in [6, 6.07) is 0. The first kappa shape index (κ1) is 22.7. The van der Waals surface area contributed by atoms with Gasteiger partial charge in [-0.15, -0.1) is 50.9 Å². The lowest BCUT2D eigenvalue weighted by atomic mass is 10.3. The molecular formula is C5H15Br3. The van der Waals surface area contributed by atoms with Crippen molar-refractivity contribution in [3.8, 4) is 0 Å². The highest BCUT2D eigenvalue weighted by Crippen LogP contribution is 1.88. The number of hydrogen-bond acceptors (Lipinski definition) is 0. The molecule has 0 aliphatic rings. The van der Waals surface area contributed by atoms with Crippen LogP contribution in [0.25, 0.3) is 0 Å². The van der Waals surface area contributed by atoms with Crippen LogP contribution >= 0.6 is 50.9 Å². The third kappa shape index (κ3) is 26.1. The van der Waals surface area contributed by atoms with E-state index in [1.54, 1.807) is 0 Å². The van der Waals surface area contributed by atoms with Crippen LogP contribution in [0.1, 0.15) is 33.1 Å². The molecule has 0 atom stereocenters. The zero-order valence-corrected chi connectivity index (χ0v) is 10.5. The summed E-state index contributed by atoms with van der Waals surface area (Å²) >= 11 is 0. The smallest absolute Gasteiger partial charge is 0.0538 e. The highest BCUT2D eigenvalue weighted by atomic mass is 79.9. The van der Waals surface area contributed by atoms with E-state index in [1.165, 1.54) is 19.3 Å². The normalized spacial score (nSPS) is 5.25. The highest BCUT2D eigenvalue weighted by molar-refractivity contribution is 8.93. The van der Waals surface area contributed by atoms with E-state index in [0.717, 1.165) is 0 Å². The standard InChI is InChI=1S/C5H12.3BrH/c1-3-5-4-2;;;/h3-5H2,1-2H3;3*1H. The molecule has 0 aliphatic heterocycles. The third-order valence-corrected chi connectivity index (χ3v) is 0.707. The van der Waals surface area contributed by atoms with E-state index >= 15 is 0 Å². The number of hydrogen-bond donors (Lipinski definition) is 0. The van der Waals surface area contributed by atoms with Crippen molar-refractivity contribution in [1.29, 1.82) is 0 Å². The Bertz CT molecular complexity index is 15.1. The first-order chi connectivity index (χ1) is 2.41. The molecule has 0 heterocycles. The lowest BCUT2D eigenvalue weighted by molar-refractivity contribution is 0.772. The van der Waals surface area contributed by atoms with Crippen molar-refractivity contribution in [2.24, 2.45) is 0 Å². The van der Waals surface area contributed by atoms with E-state index in [4.69, 9.17) is 0 Å². The van der Waals surface area contributed by atoms with Crippen LogP contribution in [0, 0.1) is 0 Å². The second-order valence-electron chi connectivity index (χ2n) is 1.35. The van der Waals surface area contributed by atoms with Crippen molar-refractivity contribution in [2.75, 3.05) is 0 Å². The van der Waals surface area contributed by atoms with Gasteiger partial charge in [-0.05, 0) is 0 Å². The molecule has 0 aliphatic carbocycles. The number of rotatable bonds is 2. The molecule has 0 rings (SSSR count). The van der Waals surface area contributed by atoms with E-state index in [9.17, 15) is 0 Å². The second-order valence-corrected chi connectivity index (χ2v) is 1.35. The predicted octanol–water partition coefficient (Wildman–Crippen LogP) is 3.93. The molecule has 0 saturated heterocycles. The van der Waals surface area contributed by atoms with Gasteiger partial charge >= 0.3 is 0 Å². The Labute approximate surface area is 83.7 Å². The van der Waals surface area contributed by atoms with Gasteiger partial charge in [0, 0.05) is 0 Å². The van der Waals surface area contributed by atoms with Crippen LogP contribution in [-0.4, -0.2) is 0 Å². The molecule has 0 saturated carbocycles. The maximum Gasteiger partial charge on any atom is -0.0538 e. The fourth-order valence-corrected chi connectivity index (χ4v) is 0.354. The van der Waals surface area contributed by atoms with Crippen molar-refractivity contribution in [3.63, 3.8) is 0 Å². The Kier molecular flexibility index (Phi) is 67.3. The van der Waals surface area contributed by atoms with Gasteiger partial charge < -0.3 is 0 Å². The zero-order chi connectivity index (χ0) is 4.12. The topological polar surface area (TPSA) is 0 Å². The van der Waals surface area contributed by atoms with Crippen LogP contribution in [0.5, 0.6) is 0 Å². The summed E-state index contributed by atoms with van der Waals surface area (Å²) in [6.07, 6.45) is 4.08. The third-order valence-electron chi connectivity index (χ3n) is 0.707. The summed E-state index contributed by atoms with van der Waals surface area (Å²) in [5, 5.41) is 0. The Hall–Kier alpha value is 1.44. The lowest BCUT2D eigenvalue weighted by Gasteiger charge is -1.79. The van der Waals surface area contributed by atoms with Crippen LogP contribution in [0.3, 0.4) is 0 Å². The van der Waals surface area contributed by atoms with Gasteiger partial charge in [0.05, 0.1) is 0 Å². The van der Waals surface area contributed by atoms with Gasteiger partial charge in [0.25, 0.3) is 0 Å². The van der Waals surface area contributed by atoms with E-state index < -0.39 is 0 Å². The van der Waals surface area contributed by atoms with E-state index in [0.29, 0.717) is 0 Å². The van der Waals surface area contributed by atoms with Gasteiger partial charge in [-0.3, -0.25) is 0 Å². The first-order valence-corrected chi connectivity index (χ1v) is 2.41. The summed E-state index contributed by atoms with van der Waals surface area (Å²) in [5.41, 5.74) is 0. The van der Waals surface area contributed by atoms with E-state index in [-0.39, 0.29) is 50.9 Å². The molecular weight excluding hydrogens is 300 g/mol. The quantitative estimate of drug-likeness (QED) is 0.724. The average molecular weight is 315 g/mol. The molecule has 56 valence electrons. The van der Waals surface area contributed by atoms with Crippen molar-refractivity contribution < 1.29 is 0 Å². The van der Waals surface area contributed by atoms with E-state index in [2.05, 4.69) is 13.8 Å². The molecule has 3 heteroatoms. The number of halogens is 3. The molecule has 0 fully saturated rings. The van der Waals surface area contributed by atoms with Gasteiger partial charge in [0.1, 0.15) is 0 Å². The van der Waals surface area contributed by atoms with Crippen LogP contribution in [0.4, 0.5) is 0 Å². The SMILES string of the molecule is Br.Br.Br.CCCCC. The van der Waals surface area contributed by atoms with Gasteiger partial charge in [-0.2, -0.15) is 0 Å². The summed E-state index contributed by atoms with van der Waals surface area (Å²) in [5.74, 6) is 0. The minimum Gasteiger partial charge on any atom is -0.114 e. The molecule has 0 spiro atoms. The molecule has 0 nitrogen and oxygen atoms in total. The summed E-state index contributed by atoms with van der Waals surface area (Å²) < 4.78 is 0. The fourth-order valence-electron chi connectivity index (χ4n) is 0.354. The number of unbranched alkanes of at least 4 members (excludes halogenated alkanes) is 2. The van der Waals surface area contributed by atoms with Gasteiger partial charge in [-0.25, -0.2) is 0 Å². The van der Waals surface area contributed by atoms with Crippen molar-refractivity contribution in [2.45, 2.75) is 33.1 Å². The van der Waals surface area contributed by atoms with Gasteiger partial charge in [0.15, 0.2) is 0 Å². The largest absolute Gasteiger partial charge is 0.114 e. The summed E-state index contributed by atoms with van der Waals surface area (Å²) in [7, 11) is 0. The first-order valence-electron chi connectivity index (χ1n) is 2.41. The maximum absolute atomic E-state index is 2.21. The van der Waals surface area contributed by atoms with Gasteiger partial charge in [-0.1, -0.05) is 33.1 Å². The maximum atomic E-state index is 2.21. The van der Waals surface area contributed by atoms with E-state index in [1.807, 2.05) is 0 Å². The second kappa shape index (κ2) is 23.7. The van der Waals surface area contributed by atoms with Crippen LogP contribution in [-0.2, 0) is 0 Å². The average Bonchev–Trinajstić information content (AvgIpc) is 1.41. The van der Waals surface area contributed by atoms with Crippen molar-refractivity contribution in [1.82, 2.24) is 0 Å². The minimum absolute atomic E-state index is 0. The lowest BCUT2D eigenvalue weighted by Crippen LogP contribution is -1.59. The minimum atomic E-state index is 0. The molecule has 0 amide bonds. The van der Waals surface area contributed by atoms with Gasteiger partial charge in [0.2, 0.25) is 0 Å². The Balaban J connectivity index is -0.0000000267. The monoisotopic (exact) mass is 312 g/mol. The Morgan fingerprint density at radius 2 is 1.00 bits per heavy atom. The predicted molar refractivity (Wildman–Crippen MR) is 56.2 cm³/mol. The Morgan fingerprint density at radius 3 is 1.00 bits per heavy atom. The van der Waals surface area contributed by atoms with Crippen LogP contribution in [0.2, 0.25) is 0 Å². The van der Waals surface area contributed by atoms with Crippen molar-refractivity contribution >= 4 is 50.9 Å². The zero-order valence-electron chi connectivity index (χ0n) is 5.35. The molecule has 0 aromatic carbocycles. The summed E-state index contributed by atoms with van der Waals surface area (Å²) in [6.45, 7) is 4.42. The summed E-state index contributed by atoms with van der Waals surface area (Å²) in [4.78, 5) is 0.